The molecule has 11 heteroatoms. The first kappa shape index (κ1) is 21.9. The van der Waals surface area contributed by atoms with Crippen LogP contribution in [0.25, 0.3) is 0 Å². The van der Waals surface area contributed by atoms with Crippen molar-refractivity contribution in [2.24, 2.45) is 7.05 Å². The summed E-state index contributed by atoms with van der Waals surface area (Å²) in [5.41, 5.74) is 5.75. The molecule has 32 heavy (non-hydrogen) atoms. The van der Waals surface area contributed by atoms with Crippen molar-refractivity contribution in [3.05, 3.63) is 62.6 Å². The standard InChI is InChI=1S/C21H25N7O3S/c1-3-27(15(29)12-32-21-25-24-18(26(21)2)14-9-10-14)16-17(22)28(20(31)23-19(16)30)11-13-7-5-4-6-8-13/h4-8,14H,3,9-12,22H2,1-2H3,(H,23,30,31). The molecule has 1 amide bonds. The number of nitrogens with one attached hydrogen (secondary N) is 1. The molecular formula is C21H25N7O3S. The van der Waals surface area contributed by atoms with Crippen molar-refractivity contribution < 1.29 is 4.79 Å². The van der Waals surface area contributed by atoms with Crippen molar-refractivity contribution in [1.29, 1.82) is 0 Å². The molecule has 10 nitrogen and oxygen atoms in total. The summed E-state index contributed by atoms with van der Waals surface area (Å²) in [6.07, 6.45) is 2.22. The largest absolute Gasteiger partial charge is 0.383 e. The summed E-state index contributed by atoms with van der Waals surface area (Å²) in [5.74, 6) is 1.09. The van der Waals surface area contributed by atoms with Crippen molar-refractivity contribution >= 4 is 29.2 Å². The Morgan fingerprint density at radius 3 is 2.62 bits per heavy atom. The van der Waals surface area contributed by atoms with Gasteiger partial charge in [0, 0.05) is 19.5 Å². The molecular weight excluding hydrogens is 430 g/mol. The van der Waals surface area contributed by atoms with Gasteiger partial charge in [0.25, 0.3) is 5.56 Å². The Bertz CT molecular complexity index is 1240. The van der Waals surface area contributed by atoms with Gasteiger partial charge in [0.2, 0.25) is 5.91 Å². The van der Waals surface area contributed by atoms with Crippen LogP contribution in [0.5, 0.6) is 0 Å². The van der Waals surface area contributed by atoms with Gasteiger partial charge in [0.15, 0.2) is 10.8 Å². The van der Waals surface area contributed by atoms with E-state index < -0.39 is 11.2 Å². The quantitative estimate of drug-likeness (QED) is 0.490. The van der Waals surface area contributed by atoms with Gasteiger partial charge in [-0.2, -0.15) is 0 Å². The average molecular weight is 456 g/mol. The van der Waals surface area contributed by atoms with Gasteiger partial charge in [0.05, 0.1) is 12.3 Å². The second-order valence-corrected chi connectivity index (χ2v) is 8.61. The number of nitrogens with two attached hydrogens (primary N) is 1. The molecule has 1 aliphatic carbocycles. The Hall–Kier alpha value is -3.34. The molecule has 0 atom stereocenters. The average Bonchev–Trinajstić information content (AvgIpc) is 3.55. The fraction of sp³-hybridized carbons (Fsp3) is 0.381. The minimum Gasteiger partial charge on any atom is -0.383 e. The van der Waals surface area contributed by atoms with E-state index in [4.69, 9.17) is 5.73 Å². The lowest BCUT2D eigenvalue weighted by molar-refractivity contribution is -0.116. The predicted octanol–water partition coefficient (Wildman–Crippen LogP) is 1.32. The van der Waals surface area contributed by atoms with Gasteiger partial charge in [-0.25, -0.2) is 4.79 Å². The van der Waals surface area contributed by atoms with Crippen molar-refractivity contribution in [3.63, 3.8) is 0 Å². The predicted molar refractivity (Wildman–Crippen MR) is 123 cm³/mol. The highest BCUT2D eigenvalue weighted by Gasteiger charge is 2.30. The molecule has 3 N–H and O–H groups in total. The Morgan fingerprint density at radius 1 is 1.25 bits per heavy atom. The first-order valence-corrected chi connectivity index (χ1v) is 11.4. The van der Waals surface area contributed by atoms with Crippen LogP contribution >= 0.6 is 11.8 Å². The Morgan fingerprint density at radius 2 is 1.97 bits per heavy atom. The van der Waals surface area contributed by atoms with Crippen molar-refractivity contribution in [1.82, 2.24) is 24.3 Å². The van der Waals surface area contributed by atoms with Crippen LogP contribution < -0.4 is 21.9 Å². The number of nitrogens with zero attached hydrogens (tertiary/aromatic N) is 5. The number of rotatable bonds is 8. The lowest BCUT2D eigenvalue weighted by Gasteiger charge is -2.23. The van der Waals surface area contributed by atoms with Crippen LogP contribution in [0.1, 0.15) is 37.1 Å². The van der Waals surface area contributed by atoms with Crippen molar-refractivity contribution in [2.45, 2.75) is 37.4 Å². The maximum absolute atomic E-state index is 13.0. The third-order valence-corrected chi connectivity index (χ3v) is 6.43. The van der Waals surface area contributed by atoms with E-state index in [1.54, 1.807) is 6.92 Å². The van der Waals surface area contributed by atoms with Crippen LogP contribution in [0.15, 0.2) is 45.1 Å². The van der Waals surface area contributed by atoms with Gasteiger partial charge in [-0.1, -0.05) is 42.1 Å². The minimum absolute atomic E-state index is 0.0229. The van der Waals surface area contributed by atoms with Crippen LogP contribution in [-0.4, -0.2) is 42.5 Å². The van der Waals surface area contributed by atoms with E-state index >= 15 is 0 Å². The number of carbonyl (C=O) groups is 1. The Balaban J connectivity index is 1.57. The Kier molecular flexibility index (Phi) is 6.17. The van der Waals surface area contributed by atoms with E-state index in [9.17, 15) is 14.4 Å². The molecule has 1 aromatic carbocycles. The molecule has 1 aliphatic rings. The number of aromatic nitrogens is 5. The zero-order chi connectivity index (χ0) is 22.8. The first-order valence-electron chi connectivity index (χ1n) is 10.4. The van der Waals surface area contributed by atoms with Crippen molar-refractivity contribution in [3.8, 4) is 0 Å². The molecule has 0 aliphatic heterocycles. The minimum atomic E-state index is -0.688. The molecule has 0 bridgehead atoms. The number of anilines is 2. The first-order chi connectivity index (χ1) is 15.4. The molecule has 0 saturated heterocycles. The zero-order valence-electron chi connectivity index (χ0n) is 17.9. The molecule has 2 aromatic heterocycles. The number of amides is 1. The van der Waals surface area contributed by atoms with E-state index in [-0.39, 0.29) is 36.3 Å². The molecule has 1 fully saturated rings. The number of nitrogen functional groups attached to an aromatic ring is 1. The fourth-order valence-corrected chi connectivity index (χ4v) is 4.37. The van der Waals surface area contributed by atoms with E-state index in [0.717, 1.165) is 24.2 Å². The fourth-order valence-electron chi connectivity index (χ4n) is 3.57. The topological polar surface area (TPSA) is 132 Å². The van der Waals surface area contributed by atoms with Crippen LogP contribution in [-0.2, 0) is 18.4 Å². The summed E-state index contributed by atoms with van der Waals surface area (Å²) in [6, 6.07) is 9.28. The summed E-state index contributed by atoms with van der Waals surface area (Å²) in [5, 5.41) is 9.05. The number of carbonyl (C=O) groups excluding carboxylic acids is 1. The van der Waals surface area contributed by atoms with Gasteiger partial charge < -0.3 is 15.2 Å². The second kappa shape index (κ2) is 9.03. The molecule has 0 spiro atoms. The normalized spacial score (nSPS) is 13.3. The number of H-pyrrole nitrogens is 1. The molecule has 0 unspecified atom stereocenters. The third-order valence-electron chi connectivity index (χ3n) is 5.42. The molecule has 0 radical (unpaired) electrons. The van der Waals surface area contributed by atoms with E-state index in [1.807, 2.05) is 41.9 Å². The summed E-state index contributed by atoms with van der Waals surface area (Å²) in [4.78, 5) is 41.6. The summed E-state index contributed by atoms with van der Waals surface area (Å²) < 4.78 is 3.17. The number of hydrogen-bond acceptors (Lipinski definition) is 7. The molecule has 1 saturated carbocycles. The zero-order valence-corrected chi connectivity index (χ0v) is 18.8. The van der Waals surface area contributed by atoms with Crippen LogP contribution in [0.4, 0.5) is 11.5 Å². The van der Waals surface area contributed by atoms with Crippen LogP contribution in [0, 0.1) is 0 Å². The Labute approximate surface area is 188 Å². The number of aromatic amines is 1. The maximum Gasteiger partial charge on any atom is 0.330 e. The number of hydrogen-bond donors (Lipinski definition) is 2. The van der Waals surface area contributed by atoms with Crippen molar-refractivity contribution in [2.75, 3.05) is 22.9 Å². The molecule has 4 rings (SSSR count). The smallest absolute Gasteiger partial charge is 0.330 e. The second-order valence-electron chi connectivity index (χ2n) is 7.67. The van der Waals surface area contributed by atoms with Gasteiger partial charge in [-0.15, -0.1) is 10.2 Å². The van der Waals surface area contributed by atoms with E-state index in [1.165, 1.54) is 21.2 Å². The highest BCUT2D eigenvalue weighted by Crippen LogP contribution is 2.39. The molecule has 2 heterocycles. The lowest BCUT2D eigenvalue weighted by Crippen LogP contribution is -2.41. The SMILES string of the molecule is CCN(C(=O)CSc1nnc(C2CC2)n1C)c1c(N)n(Cc2ccccc2)c(=O)[nH]c1=O. The van der Waals surface area contributed by atoms with Crippen LogP contribution in [0.3, 0.4) is 0 Å². The number of benzene rings is 1. The summed E-state index contributed by atoms with van der Waals surface area (Å²) in [6.45, 7) is 2.16. The molecule has 3 aromatic rings. The summed E-state index contributed by atoms with van der Waals surface area (Å²) >= 11 is 1.26. The monoisotopic (exact) mass is 455 g/mol. The molecule has 168 valence electrons. The number of thioether (sulfide) groups is 1. The van der Waals surface area contributed by atoms with Crippen LogP contribution in [0.2, 0.25) is 0 Å². The van der Waals surface area contributed by atoms with E-state index in [0.29, 0.717) is 11.1 Å². The van der Waals surface area contributed by atoms with Gasteiger partial charge >= 0.3 is 5.69 Å². The van der Waals surface area contributed by atoms with Gasteiger partial charge in [0.1, 0.15) is 11.6 Å². The highest BCUT2D eigenvalue weighted by molar-refractivity contribution is 7.99. The maximum atomic E-state index is 13.0. The third kappa shape index (κ3) is 4.33. The van der Waals surface area contributed by atoms with Gasteiger partial charge in [-0.3, -0.25) is 19.1 Å². The van der Waals surface area contributed by atoms with Gasteiger partial charge in [-0.05, 0) is 25.3 Å². The lowest BCUT2D eigenvalue weighted by atomic mass is 10.2. The van der Waals surface area contributed by atoms with E-state index in [2.05, 4.69) is 15.2 Å². The highest BCUT2D eigenvalue weighted by atomic mass is 32.2. The summed E-state index contributed by atoms with van der Waals surface area (Å²) in [7, 11) is 1.89.